The molecule has 1 aromatic carbocycles. The lowest BCUT2D eigenvalue weighted by molar-refractivity contribution is 0.356. The number of hydrogen-bond acceptors (Lipinski definition) is 2. The van der Waals surface area contributed by atoms with E-state index in [1.807, 2.05) is 0 Å². The molecule has 0 aromatic heterocycles. The van der Waals surface area contributed by atoms with Crippen LogP contribution in [0, 0.1) is 12.3 Å². The van der Waals surface area contributed by atoms with Gasteiger partial charge in [-0.1, -0.05) is 19.1 Å². The minimum atomic E-state index is 0.269. The molecule has 0 saturated heterocycles. The number of fused-ring (bicyclic) bond motifs is 1. The first-order chi connectivity index (χ1) is 8.35. The first-order valence-corrected chi connectivity index (χ1v) is 6.27. The lowest BCUT2D eigenvalue weighted by Crippen LogP contribution is -2.21. The number of nitrogens with one attached hydrogen (secondary N) is 1. The summed E-state index contributed by atoms with van der Waals surface area (Å²) >= 11 is 0. The third-order valence-electron chi connectivity index (χ3n) is 3.08. The molecule has 1 unspecified atom stereocenters. The Morgan fingerprint density at radius 3 is 3.18 bits per heavy atom. The molecular weight excluding hydrogens is 210 g/mol. The van der Waals surface area contributed by atoms with Crippen LogP contribution in [0.4, 0.5) is 0 Å². The van der Waals surface area contributed by atoms with Crippen LogP contribution in [0.15, 0.2) is 18.2 Å². The molecule has 0 radical (unpaired) electrons. The van der Waals surface area contributed by atoms with Gasteiger partial charge in [0.25, 0.3) is 0 Å². The largest absolute Gasteiger partial charge is 0.493 e. The highest BCUT2D eigenvalue weighted by Crippen LogP contribution is 2.28. The third kappa shape index (κ3) is 2.81. The highest BCUT2D eigenvalue weighted by molar-refractivity contribution is 5.41. The monoisotopic (exact) mass is 229 g/mol. The lowest BCUT2D eigenvalue weighted by Gasteiger charge is -2.17. The van der Waals surface area contributed by atoms with Gasteiger partial charge in [0.15, 0.2) is 0 Å². The van der Waals surface area contributed by atoms with Gasteiger partial charge in [0, 0.05) is 18.9 Å². The van der Waals surface area contributed by atoms with Crippen LogP contribution >= 0.6 is 0 Å². The first-order valence-electron chi connectivity index (χ1n) is 6.27. The lowest BCUT2D eigenvalue weighted by atomic mass is 10.0. The van der Waals surface area contributed by atoms with E-state index in [1.54, 1.807) is 0 Å². The number of rotatable bonds is 5. The summed E-state index contributed by atoms with van der Waals surface area (Å²) in [7, 11) is 0. The van der Waals surface area contributed by atoms with Gasteiger partial charge >= 0.3 is 0 Å². The number of benzene rings is 1. The van der Waals surface area contributed by atoms with E-state index in [0.717, 1.165) is 38.2 Å². The van der Waals surface area contributed by atoms with Crippen molar-refractivity contribution in [1.82, 2.24) is 5.32 Å². The van der Waals surface area contributed by atoms with Gasteiger partial charge in [-0.15, -0.1) is 12.3 Å². The summed E-state index contributed by atoms with van der Waals surface area (Å²) in [6.07, 6.45) is 8.31. The molecule has 90 valence electrons. The zero-order chi connectivity index (χ0) is 12.1. The van der Waals surface area contributed by atoms with Gasteiger partial charge in [-0.2, -0.15) is 0 Å². The van der Waals surface area contributed by atoms with Crippen molar-refractivity contribution in [2.45, 2.75) is 32.2 Å². The average Bonchev–Trinajstić information content (AvgIpc) is 2.81. The van der Waals surface area contributed by atoms with Gasteiger partial charge < -0.3 is 10.1 Å². The molecular formula is C15H19NO. The molecule has 0 bridgehead atoms. The van der Waals surface area contributed by atoms with Gasteiger partial charge in [-0.05, 0) is 30.2 Å². The average molecular weight is 229 g/mol. The highest BCUT2D eigenvalue weighted by Gasteiger charge is 2.15. The van der Waals surface area contributed by atoms with E-state index in [4.69, 9.17) is 11.2 Å². The van der Waals surface area contributed by atoms with E-state index < -0.39 is 0 Å². The van der Waals surface area contributed by atoms with E-state index in [2.05, 4.69) is 36.4 Å². The van der Waals surface area contributed by atoms with Crippen molar-refractivity contribution in [3.63, 3.8) is 0 Å². The molecule has 1 aromatic rings. The Bertz CT molecular complexity index is 419. The molecule has 1 heterocycles. The SMILES string of the molecule is C#CCC(NCCC)c1ccc2c(c1)CCO2. The second-order valence-corrected chi connectivity index (χ2v) is 4.38. The molecule has 2 nitrogen and oxygen atoms in total. The molecule has 2 heteroatoms. The fraction of sp³-hybridized carbons (Fsp3) is 0.467. The van der Waals surface area contributed by atoms with Crippen molar-refractivity contribution in [3.05, 3.63) is 29.3 Å². The van der Waals surface area contributed by atoms with Gasteiger partial charge in [0.2, 0.25) is 0 Å². The van der Waals surface area contributed by atoms with Gasteiger partial charge in [-0.3, -0.25) is 0 Å². The fourth-order valence-electron chi connectivity index (χ4n) is 2.17. The van der Waals surface area contributed by atoms with Crippen molar-refractivity contribution >= 4 is 0 Å². The van der Waals surface area contributed by atoms with E-state index in [9.17, 15) is 0 Å². The van der Waals surface area contributed by atoms with Crippen LogP contribution < -0.4 is 10.1 Å². The maximum absolute atomic E-state index is 5.51. The first kappa shape index (κ1) is 12.0. The predicted octanol–water partition coefficient (Wildman–Crippen LogP) is 2.69. The summed E-state index contributed by atoms with van der Waals surface area (Å²) in [5.74, 6) is 3.78. The summed E-state index contributed by atoms with van der Waals surface area (Å²) in [5, 5.41) is 3.49. The van der Waals surface area contributed by atoms with Crippen molar-refractivity contribution in [3.8, 4) is 18.1 Å². The standard InChI is InChI=1S/C15H19NO/c1-3-5-14(16-9-4-2)12-6-7-15-13(11-12)8-10-17-15/h1,6-7,11,14,16H,4-5,8-10H2,2H3. The molecule has 1 aliphatic heterocycles. The minimum Gasteiger partial charge on any atom is -0.493 e. The maximum atomic E-state index is 5.51. The number of terminal acetylenes is 1. The zero-order valence-electron chi connectivity index (χ0n) is 10.3. The second kappa shape index (κ2) is 5.75. The van der Waals surface area contributed by atoms with Crippen LogP contribution in [0.1, 0.15) is 36.9 Å². The van der Waals surface area contributed by atoms with E-state index in [0.29, 0.717) is 0 Å². The molecule has 0 amide bonds. The Hall–Kier alpha value is -1.46. The van der Waals surface area contributed by atoms with Crippen LogP contribution in [-0.2, 0) is 6.42 Å². The topological polar surface area (TPSA) is 21.3 Å². The molecule has 0 spiro atoms. The minimum absolute atomic E-state index is 0.269. The summed E-state index contributed by atoms with van der Waals surface area (Å²) in [5.41, 5.74) is 2.59. The van der Waals surface area contributed by atoms with Gasteiger partial charge in [0.1, 0.15) is 5.75 Å². The van der Waals surface area contributed by atoms with E-state index in [-0.39, 0.29) is 6.04 Å². The Morgan fingerprint density at radius 2 is 2.41 bits per heavy atom. The molecule has 0 aliphatic carbocycles. The Labute approximate surface area is 103 Å². The van der Waals surface area contributed by atoms with Crippen LogP contribution in [0.3, 0.4) is 0 Å². The molecule has 1 N–H and O–H groups in total. The summed E-state index contributed by atoms with van der Waals surface area (Å²) in [6.45, 7) is 3.97. The Balaban J connectivity index is 2.15. The molecule has 1 aliphatic rings. The van der Waals surface area contributed by atoms with Crippen LogP contribution in [0.2, 0.25) is 0 Å². The summed E-state index contributed by atoms with van der Waals surface area (Å²) in [4.78, 5) is 0. The van der Waals surface area contributed by atoms with Crippen LogP contribution in [0.5, 0.6) is 5.75 Å². The van der Waals surface area contributed by atoms with Crippen molar-refractivity contribution in [1.29, 1.82) is 0 Å². The maximum Gasteiger partial charge on any atom is 0.122 e. The van der Waals surface area contributed by atoms with Crippen molar-refractivity contribution in [2.75, 3.05) is 13.2 Å². The molecule has 2 rings (SSSR count). The fourth-order valence-corrected chi connectivity index (χ4v) is 2.17. The Morgan fingerprint density at radius 1 is 1.53 bits per heavy atom. The Kier molecular flexibility index (Phi) is 4.06. The van der Waals surface area contributed by atoms with Crippen LogP contribution in [0.25, 0.3) is 0 Å². The molecule has 17 heavy (non-hydrogen) atoms. The van der Waals surface area contributed by atoms with Crippen molar-refractivity contribution < 1.29 is 4.74 Å². The number of ether oxygens (including phenoxy) is 1. The van der Waals surface area contributed by atoms with Crippen molar-refractivity contribution in [2.24, 2.45) is 0 Å². The molecule has 0 fully saturated rings. The van der Waals surface area contributed by atoms with E-state index in [1.165, 1.54) is 11.1 Å². The van der Waals surface area contributed by atoms with E-state index >= 15 is 0 Å². The number of hydrogen-bond donors (Lipinski definition) is 1. The third-order valence-corrected chi connectivity index (χ3v) is 3.08. The van der Waals surface area contributed by atoms with Gasteiger partial charge in [-0.25, -0.2) is 0 Å². The van der Waals surface area contributed by atoms with Crippen LogP contribution in [-0.4, -0.2) is 13.2 Å². The quantitative estimate of drug-likeness (QED) is 0.784. The second-order valence-electron chi connectivity index (χ2n) is 4.38. The van der Waals surface area contributed by atoms with Gasteiger partial charge in [0.05, 0.1) is 6.61 Å². The normalized spacial score (nSPS) is 14.8. The summed E-state index contributed by atoms with van der Waals surface area (Å²) in [6, 6.07) is 6.68. The summed E-state index contributed by atoms with van der Waals surface area (Å²) < 4.78 is 5.51. The highest BCUT2D eigenvalue weighted by atomic mass is 16.5. The predicted molar refractivity (Wildman–Crippen MR) is 70.1 cm³/mol. The molecule has 0 saturated carbocycles. The zero-order valence-corrected chi connectivity index (χ0v) is 10.3. The smallest absolute Gasteiger partial charge is 0.122 e. The molecule has 1 atom stereocenters.